The number of hydrogen-bond acceptors (Lipinski definition) is 7. The van der Waals surface area contributed by atoms with Gasteiger partial charge in [0.05, 0.1) is 16.8 Å². The number of nitrogens with zero attached hydrogens (tertiary/aromatic N) is 3. The van der Waals surface area contributed by atoms with E-state index in [-0.39, 0.29) is 5.82 Å². The molecular formula is C16H10FN3O2S2. The van der Waals surface area contributed by atoms with Gasteiger partial charge < -0.3 is 8.83 Å². The zero-order valence-electron chi connectivity index (χ0n) is 12.2. The predicted molar refractivity (Wildman–Crippen MR) is 89.1 cm³/mol. The molecule has 0 aliphatic heterocycles. The summed E-state index contributed by atoms with van der Waals surface area (Å²) in [6, 6.07) is 9.93. The molecule has 0 aliphatic rings. The monoisotopic (exact) mass is 359 g/mol. The maximum atomic E-state index is 12.9. The minimum absolute atomic E-state index is 0.286. The summed E-state index contributed by atoms with van der Waals surface area (Å²) in [7, 11) is 0. The normalized spacial score (nSPS) is 11.0. The summed E-state index contributed by atoms with van der Waals surface area (Å²) in [5.74, 6) is 1.78. The lowest BCUT2D eigenvalue weighted by molar-refractivity contribution is 0.464. The van der Waals surface area contributed by atoms with Crippen LogP contribution >= 0.6 is 23.1 Å². The van der Waals surface area contributed by atoms with Crippen molar-refractivity contribution in [3.8, 4) is 22.1 Å². The Morgan fingerprint density at radius 2 is 1.96 bits per heavy atom. The van der Waals surface area contributed by atoms with Crippen molar-refractivity contribution in [1.29, 1.82) is 0 Å². The molecule has 3 heterocycles. The molecule has 0 unspecified atom stereocenters. The zero-order chi connectivity index (χ0) is 16.4. The lowest BCUT2D eigenvalue weighted by Crippen LogP contribution is -1.80. The molecule has 120 valence electrons. The summed E-state index contributed by atoms with van der Waals surface area (Å²) in [5.41, 5.74) is 0.772. The fourth-order valence-corrected chi connectivity index (χ4v) is 3.29. The number of hydrogen-bond donors (Lipinski definition) is 0. The van der Waals surface area contributed by atoms with Crippen molar-refractivity contribution in [2.45, 2.75) is 11.0 Å². The highest BCUT2D eigenvalue weighted by atomic mass is 32.2. The zero-order valence-corrected chi connectivity index (χ0v) is 13.8. The topological polar surface area (TPSA) is 65.0 Å². The number of rotatable bonds is 5. The van der Waals surface area contributed by atoms with Crippen LogP contribution < -0.4 is 0 Å². The molecule has 0 amide bonds. The average molecular weight is 359 g/mol. The molecule has 0 bridgehead atoms. The van der Waals surface area contributed by atoms with Crippen LogP contribution in [0.3, 0.4) is 0 Å². The molecule has 0 spiro atoms. The molecule has 0 radical (unpaired) electrons. The van der Waals surface area contributed by atoms with E-state index in [4.69, 9.17) is 8.83 Å². The van der Waals surface area contributed by atoms with Crippen LogP contribution in [0, 0.1) is 5.82 Å². The average Bonchev–Trinajstić information content (AvgIpc) is 3.34. The second-order valence-electron chi connectivity index (χ2n) is 4.76. The summed E-state index contributed by atoms with van der Waals surface area (Å²) in [6.45, 7) is 0. The molecule has 4 aromatic rings. The summed E-state index contributed by atoms with van der Waals surface area (Å²) in [5, 5.41) is 10.5. The first kappa shape index (κ1) is 15.1. The second kappa shape index (κ2) is 6.58. The van der Waals surface area contributed by atoms with Crippen molar-refractivity contribution < 1.29 is 13.2 Å². The van der Waals surface area contributed by atoms with Crippen LogP contribution in [-0.4, -0.2) is 15.2 Å². The highest BCUT2D eigenvalue weighted by molar-refractivity contribution is 7.98. The second-order valence-corrected chi connectivity index (χ2v) is 6.64. The molecular weight excluding hydrogens is 349 g/mol. The van der Waals surface area contributed by atoms with Crippen LogP contribution in [0.4, 0.5) is 4.39 Å². The summed E-state index contributed by atoms with van der Waals surface area (Å²) >= 11 is 2.90. The van der Waals surface area contributed by atoms with E-state index in [1.165, 1.54) is 23.9 Å². The van der Waals surface area contributed by atoms with Crippen LogP contribution in [0.25, 0.3) is 22.1 Å². The molecule has 1 aromatic carbocycles. The van der Waals surface area contributed by atoms with E-state index in [0.29, 0.717) is 28.5 Å². The fourth-order valence-electron chi connectivity index (χ4n) is 2.01. The minimum atomic E-state index is -0.286. The molecule has 0 aliphatic carbocycles. The molecule has 24 heavy (non-hydrogen) atoms. The van der Waals surface area contributed by atoms with Crippen molar-refractivity contribution in [1.82, 2.24) is 15.2 Å². The van der Waals surface area contributed by atoms with Crippen molar-refractivity contribution in [3.05, 3.63) is 59.7 Å². The van der Waals surface area contributed by atoms with Gasteiger partial charge in [-0.1, -0.05) is 17.8 Å². The van der Waals surface area contributed by atoms with E-state index < -0.39 is 0 Å². The Hall–Kier alpha value is -2.45. The molecule has 3 aromatic heterocycles. The van der Waals surface area contributed by atoms with E-state index in [1.807, 2.05) is 17.5 Å². The Kier molecular flexibility index (Phi) is 4.14. The largest absolute Gasteiger partial charge is 0.431 e. The van der Waals surface area contributed by atoms with Crippen LogP contribution in [0.5, 0.6) is 0 Å². The van der Waals surface area contributed by atoms with Crippen LogP contribution in [-0.2, 0) is 5.75 Å². The smallest absolute Gasteiger partial charge is 0.257 e. The van der Waals surface area contributed by atoms with Gasteiger partial charge in [-0.15, -0.1) is 21.5 Å². The van der Waals surface area contributed by atoms with Gasteiger partial charge in [0.2, 0.25) is 5.89 Å². The third-order valence-corrected chi connectivity index (χ3v) is 4.82. The molecule has 0 N–H and O–H groups in total. The first-order chi connectivity index (χ1) is 11.8. The van der Waals surface area contributed by atoms with Crippen molar-refractivity contribution in [3.63, 3.8) is 0 Å². The number of oxazole rings is 1. The number of thioether (sulfide) groups is 1. The number of benzene rings is 1. The van der Waals surface area contributed by atoms with Gasteiger partial charge in [-0.3, -0.25) is 0 Å². The molecule has 4 rings (SSSR count). The summed E-state index contributed by atoms with van der Waals surface area (Å²) < 4.78 is 24.2. The minimum Gasteiger partial charge on any atom is -0.431 e. The van der Waals surface area contributed by atoms with Gasteiger partial charge in [-0.05, 0) is 35.7 Å². The Balaban J connectivity index is 1.42. The third kappa shape index (κ3) is 3.24. The Morgan fingerprint density at radius 1 is 1.08 bits per heavy atom. The van der Waals surface area contributed by atoms with Crippen molar-refractivity contribution in [2.24, 2.45) is 0 Å². The van der Waals surface area contributed by atoms with Gasteiger partial charge >= 0.3 is 0 Å². The molecule has 5 nitrogen and oxygen atoms in total. The highest BCUT2D eigenvalue weighted by Gasteiger charge is 2.12. The van der Waals surface area contributed by atoms with Crippen molar-refractivity contribution >= 4 is 23.1 Å². The van der Waals surface area contributed by atoms with Gasteiger partial charge in [0.25, 0.3) is 11.1 Å². The molecule has 0 saturated carbocycles. The molecule has 8 heteroatoms. The lowest BCUT2D eigenvalue weighted by atomic mass is 10.2. The Bertz CT molecular complexity index is 933. The van der Waals surface area contributed by atoms with E-state index in [9.17, 15) is 4.39 Å². The summed E-state index contributed by atoms with van der Waals surface area (Å²) in [6.07, 6.45) is 1.61. The van der Waals surface area contributed by atoms with Crippen LogP contribution in [0.1, 0.15) is 5.89 Å². The SMILES string of the molecule is Fc1ccc(-c2cnc(SCc3nnc(-c4cccs4)o3)o2)cc1. The Labute approximate surface area is 144 Å². The quantitative estimate of drug-likeness (QED) is 0.473. The van der Waals surface area contributed by atoms with Gasteiger partial charge in [0.1, 0.15) is 5.82 Å². The van der Waals surface area contributed by atoms with E-state index >= 15 is 0 Å². The maximum absolute atomic E-state index is 12.9. The van der Waals surface area contributed by atoms with Crippen LogP contribution in [0.2, 0.25) is 0 Å². The van der Waals surface area contributed by atoms with Crippen LogP contribution in [0.15, 0.2) is 62.0 Å². The van der Waals surface area contributed by atoms with E-state index in [2.05, 4.69) is 15.2 Å². The first-order valence-corrected chi connectivity index (χ1v) is 8.85. The van der Waals surface area contributed by atoms with E-state index in [0.717, 1.165) is 10.4 Å². The Morgan fingerprint density at radius 3 is 2.75 bits per heavy atom. The molecule has 0 saturated heterocycles. The fraction of sp³-hybridized carbons (Fsp3) is 0.0625. The summed E-state index contributed by atoms with van der Waals surface area (Å²) in [4.78, 5) is 5.14. The standard InChI is InChI=1S/C16H10FN3O2S2/c17-11-5-3-10(4-6-11)12-8-18-16(21-12)24-9-14-19-20-15(22-14)13-2-1-7-23-13/h1-8H,9H2. The van der Waals surface area contributed by atoms with Gasteiger partial charge in [-0.2, -0.15) is 0 Å². The van der Waals surface area contributed by atoms with Gasteiger partial charge in [0, 0.05) is 5.56 Å². The predicted octanol–water partition coefficient (Wildman–Crippen LogP) is 4.88. The van der Waals surface area contributed by atoms with Crippen molar-refractivity contribution in [2.75, 3.05) is 0 Å². The number of aromatic nitrogens is 3. The van der Waals surface area contributed by atoms with Gasteiger partial charge in [0.15, 0.2) is 5.76 Å². The maximum Gasteiger partial charge on any atom is 0.257 e. The first-order valence-electron chi connectivity index (χ1n) is 6.99. The molecule has 0 fully saturated rings. The number of halogens is 1. The lowest BCUT2D eigenvalue weighted by Gasteiger charge is -1.95. The highest BCUT2D eigenvalue weighted by Crippen LogP contribution is 2.29. The molecule has 0 atom stereocenters. The van der Waals surface area contributed by atoms with E-state index in [1.54, 1.807) is 29.7 Å². The number of thiophene rings is 1. The third-order valence-electron chi connectivity index (χ3n) is 3.13. The van der Waals surface area contributed by atoms with Gasteiger partial charge in [-0.25, -0.2) is 9.37 Å².